The summed E-state index contributed by atoms with van der Waals surface area (Å²) < 4.78 is 5.27. The molecule has 0 aromatic carbocycles. The average Bonchev–Trinajstić information content (AvgIpc) is 2.91. The van der Waals surface area contributed by atoms with Crippen molar-refractivity contribution >= 4 is 29.8 Å². The van der Waals surface area contributed by atoms with Crippen LogP contribution in [-0.2, 0) is 25.9 Å². The van der Waals surface area contributed by atoms with Gasteiger partial charge in [0.05, 0.1) is 0 Å². The van der Waals surface area contributed by atoms with Crippen LogP contribution in [0, 0.1) is 5.92 Å². The minimum Gasteiger partial charge on any atom is -0.406 e. The maximum atomic E-state index is 13.2. The van der Waals surface area contributed by atoms with Gasteiger partial charge in [-0.25, -0.2) is 0 Å². The van der Waals surface area contributed by atoms with E-state index in [4.69, 9.17) is 16.3 Å². The highest BCUT2D eigenvalue weighted by Gasteiger charge is 2.34. The lowest BCUT2D eigenvalue weighted by Crippen LogP contribution is -2.18. The Kier molecular flexibility index (Phi) is 27.7. The van der Waals surface area contributed by atoms with Crippen LogP contribution in [0.15, 0.2) is 0 Å². The first kappa shape index (κ1) is 38.8. The highest BCUT2D eigenvalue weighted by Crippen LogP contribution is 2.48. The van der Waals surface area contributed by atoms with Crippen LogP contribution in [0.2, 0.25) is 0 Å². The van der Waals surface area contributed by atoms with Crippen LogP contribution >= 0.6 is 6.49 Å². The van der Waals surface area contributed by atoms with Crippen molar-refractivity contribution in [3.63, 3.8) is 0 Å². The quantitative estimate of drug-likeness (QED) is 0.0668. The zero-order valence-electron chi connectivity index (χ0n) is 26.2. The van der Waals surface area contributed by atoms with Gasteiger partial charge in [0.25, 0.3) is 0 Å². The summed E-state index contributed by atoms with van der Waals surface area (Å²) in [7, 11) is 0. The standard InChI is InChI=1S/C33H65O4PS/c1-4-7-10-12-14-16-18-20-22-24-27-30-32(34)37-38(36,39)33(35)31(28-25-9-6-3)29-26-23-21-19-17-15-13-11-8-5-2/h31H,4-30H2,1-3H3,(H,36,39). The van der Waals surface area contributed by atoms with Gasteiger partial charge >= 0.3 is 12.5 Å². The summed E-state index contributed by atoms with van der Waals surface area (Å²) >= 11 is 5.24. The van der Waals surface area contributed by atoms with Crippen LogP contribution in [0.1, 0.15) is 194 Å². The Labute approximate surface area is 248 Å². The molecule has 1 N–H and O–H groups in total. The molecule has 232 valence electrons. The monoisotopic (exact) mass is 588 g/mol. The fourth-order valence-corrected chi connectivity index (χ4v) is 7.18. The molecule has 0 aromatic heterocycles. The molecule has 0 aliphatic heterocycles. The second-order valence-electron chi connectivity index (χ2n) is 11.8. The van der Waals surface area contributed by atoms with Crippen molar-refractivity contribution in [2.45, 2.75) is 194 Å². The maximum Gasteiger partial charge on any atom is 0.311 e. The van der Waals surface area contributed by atoms with Gasteiger partial charge < -0.3 is 9.42 Å². The van der Waals surface area contributed by atoms with E-state index in [1.54, 1.807) is 0 Å². The molecule has 0 radical (unpaired) electrons. The molecule has 2 unspecified atom stereocenters. The van der Waals surface area contributed by atoms with Crippen molar-refractivity contribution in [2.24, 2.45) is 5.92 Å². The maximum absolute atomic E-state index is 13.2. The van der Waals surface area contributed by atoms with Crippen molar-refractivity contribution in [2.75, 3.05) is 0 Å². The Morgan fingerprint density at radius 1 is 0.564 bits per heavy atom. The molecule has 39 heavy (non-hydrogen) atoms. The predicted molar refractivity (Wildman–Crippen MR) is 173 cm³/mol. The Morgan fingerprint density at radius 2 is 0.872 bits per heavy atom. The van der Waals surface area contributed by atoms with E-state index in [1.807, 2.05) is 0 Å². The van der Waals surface area contributed by atoms with Crippen molar-refractivity contribution in [3.05, 3.63) is 0 Å². The first-order valence-corrected chi connectivity index (χ1v) is 19.7. The lowest BCUT2D eigenvalue weighted by atomic mass is 9.95. The van der Waals surface area contributed by atoms with Gasteiger partial charge in [0.1, 0.15) is 0 Å². The van der Waals surface area contributed by atoms with Crippen molar-refractivity contribution in [3.8, 4) is 0 Å². The van der Waals surface area contributed by atoms with Gasteiger partial charge in [0.2, 0.25) is 5.52 Å². The molecule has 0 bridgehead atoms. The zero-order valence-corrected chi connectivity index (χ0v) is 27.9. The summed E-state index contributed by atoms with van der Waals surface area (Å²) in [5.41, 5.74) is -0.378. The van der Waals surface area contributed by atoms with Crippen LogP contribution in [0.25, 0.3) is 0 Å². The third kappa shape index (κ3) is 24.1. The van der Waals surface area contributed by atoms with Gasteiger partial charge in [-0.3, -0.25) is 9.59 Å². The summed E-state index contributed by atoms with van der Waals surface area (Å²) in [5.74, 6) is -0.785. The normalized spacial score (nSPS) is 13.7. The molecule has 0 spiro atoms. The van der Waals surface area contributed by atoms with E-state index in [0.29, 0.717) is 0 Å². The second kappa shape index (κ2) is 27.9. The Bertz CT molecular complexity index is 625. The van der Waals surface area contributed by atoms with Gasteiger partial charge in [-0.15, -0.1) is 0 Å². The largest absolute Gasteiger partial charge is 0.406 e. The van der Waals surface area contributed by atoms with Crippen molar-refractivity contribution < 1.29 is 19.0 Å². The molecular formula is C33H65O4PS. The first-order chi connectivity index (χ1) is 18.9. The number of unbranched alkanes of at least 4 members (excludes halogenated alkanes) is 21. The summed E-state index contributed by atoms with van der Waals surface area (Å²) in [5, 5.41) is 0. The number of hydrogen-bond acceptors (Lipinski definition) is 4. The molecule has 0 saturated heterocycles. The zero-order chi connectivity index (χ0) is 29.0. The van der Waals surface area contributed by atoms with Crippen LogP contribution < -0.4 is 0 Å². The fraction of sp³-hybridized carbons (Fsp3) is 0.939. The van der Waals surface area contributed by atoms with Crippen LogP contribution in [0.5, 0.6) is 0 Å². The summed E-state index contributed by atoms with van der Waals surface area (Å²) in [6, 6.07) is 0. The third-order valence-corrected chi connectivity index (χ3v) is 10.0. The Balaban J connectivity index is 4.25. The van der Waals surface area contributed by atoms with E-state index in [0.717, 1.165) is 64.2 Å². The highest BCUT2D eigenvalue weighted by atomic mass is 32.5. The number of rotatable bonds is 30. The average molecular weight is 589 g/mol. The van der Waals surface area contributed by atoms with E-state index >= 15 is 0 Å². The smallest absolute Gasteiger partial charge is 0.311 e. The van der Waals surface area contributed by atoms with Gasteiger partial charge in [0, 0.05) is 12.3 Å². The second-order valence-corrected chi connectivity index (χ2v) is 14.9. The molecule has 0 rings (SSSR count). The molecule has 0 aromatic rings. The summed E-state index contributed by atoms with van der Waals surface area (Å²) in [6.45, 7) is 2.88. The van der Waals surface area contributed by atoms with Crippen molar-refractivity contribution in [1.82, 2.24) is 0 Å². The predicted octanol–water partition coefficient (Wildman–Crippen LogP) is 11.6. The summed E-state index contributed by atoms with van der Waals surface area (Å²) in [6.07, 6.45) is 30.6. The molecule has 0 aliphatic carbocycles. The minimum absolute atomic E-state index is 0.238. The van der Waals surface area contributed by atoms with E-state index < -0.39 is 12.5 Å². The topological polar surface area (TPSA) is 63.6 Å². The van der Waals surface area contributed by atoms with Crippen LogP contribution in [-0.4, -0.2) is 16.4 Å². The molecule has 0 heterocycles. The number of carbonyl (C=O) groups excluding carboxylic acids is 2. The summed E-state index contributed by atoms with van der Waals surface area (Å²) in [4.78, 5) is 36.3. The third-order valence-electron chi connectivity index (χ3n) is 7.90. The molecule has 0 saturated carbocycles. The Morgan fingerprint density at radius 3 is 1.28 bits per heavy atom. The van der Waals surface area contributed by atoms with E-state index in [9.17, 15) is 14.5 Å². The molecule has 4 nitrogen and oxygen atoms in total. The molecule has 6 heteroatoms. The SMILES string of the molecule is CCCCCCCCCCCCCC(=O)OP(O)(=S)C(=O)C(CCCCC)CCCCCCCCCCCC. The molecule has 0 aliphatic rings. The van der Waals surface area contributed by atoms with E-state index in [2.05, 4.69) is 20.8 Å². The van der Waals surface area contributed by atoms with E-state index in [-0.39, 0.29) is 17.9 Å². The van der Waals surface area contributed by atoms with Crippen LogP contribution in [0.4, 0.5) is 0 Å². The molecule has 0 amide bonds. The van der Waals surface area contributed by atoms with Gasteiger partial charge in [-0.05, 0) is 31.1 Å². The number of hydrogen-bond donors (Lipinski definition) is 1. The van der Waals surface area contributed by atoms with Gasteiger partial charge in [-0.1, -0.05) is 168 Å². The van der Waals surface area contributed by atoms with E-state index in [1.165, 1.54) is 103 Å². The van der Waals surface area contributed by atoms with Crippen molar-refractivity contribution in [1.29, 1.82) is 0 Å². The lowest BCUT2D eigenvalue weighted by Gasteiger charge is -2.21. The minimum atomic E-state index is -3.76. The Hall–Kier alpha value is -0.250. The first-order valence-electron chi connectivity index (χ1n) is 17.0. The molecular weight excluding hydrogens is 523 g/mol. The fourth-order valence-electron chi connectivity index (χ4n) is 5.30. The lowest BCUT2D eigenvalue weighted by molar-refractivity contribution is -0.135. The molecule has 0 fully saturated rings. The van der Waals surface area contributed by atoms with Gasteiger partial charge in [-0.2, -0.15) is 0 Å². The highest BCUT2D eigenvalue weighted by molar-refractivity contribution is 8.17. The number of carbonyl (C=O) groups is 2. The van der Waals surface area contributed by atoms with Crippen LogP contribution in [0.3, 0.4) is 0 Å². The van der Waals surface area contributed by atoms with Gasteiger partial charge in [0.15, 0.2) is 0 Å². The molecule has 2 atom stereocenters.